The van der Waals surface area contributed by atoms with Gasteiger partial charge in [-0.3, -0.25) is 0 Å². The van der Waals surface area contributed by atoms with Gasteiger partial charge in [-0.2, -0.15) is 0 Å². The minimum Gasteiger partial charge on any atom is -0.415 e. The maximum Gasteiger partial charge on any atom is 0.263 e. The van der Waals surface area contributed by atoms with E-state index in [2.05, 4.69) is 48.5 Å². The summed E-state index contributed by atoms with van der Waals surface area (Å²) in [6, 6.07) is 41.1. The Balaban J connectivity index is 1.23. The van der Waals surface area contributed by atoms with Gasteiger partial charge in [0, 0.05) is 31.3 Å². The molecule has 4 heterocycles. The highest BCUT2D eigenvalue weighted by atomic mass is 32.1. The second kappa shape index (κ2) is 9.92. The van der Waals surface area contributed by atoms with Gasteiger partial charge in [-0.1, -0.05) is 72.8 Å². The van der Waals surface area contributed by atoms with Gasteiger partial charge in [-0.05, 0) is 48.5 Å². The molecule has 4 aromatic heterocycles. The predicted octanol–water partition coefficient (Wildman–Crippen LogP) is 12.7. The largest absolute Gasteiger partial charge is 0.415 e. The Morgan fingerprint density at radius 1 is 0.350 bits per heavy atom. The predicted molar refractivity (Wildman–Crippen MR) is 170 cm³/mol. The van der Waals surface area contributed by atoms with Crippen molar-refractivity contribution in [2.75, 3.05) is 0 Å². The molecule has 8 rings (SSSR count). The highest BCUT2D eigenvalue weighted by Crippen LogP contribution is 2.51. The molecule has 0 saturated carbocycles. The van der Waals surface area contributed by atoms with Crippen LogP contribution in [0.5, 0.6) is 0 Å². The van der Waals surface area contributed by atoms with Gasteiger partial charge >= 0.3 is 0 Å². The molecule has 0 unspecified atom stereocenters. The van der Waals surface area contributed by atoms with E-state index in [-0.39, 0.29) is 0 Å². The maximum absolute atomic E-state index is 6.48. The fraction of sp³-hybridized carbons (Fsp3) is 0. The summed E-state index contributed by atoms with van der Waals surface area (Å²) in [4.78, 5) is 2.33. The summed E-state index contributed by atoms with van der Waals surface area (Å²) in [6.07, 6.45) is 0. The molecular weight excluding hydrogens is 574 g/mol. The van der Waals surface area contributed by atoms with Crippen molar-refractivity contribution in [2.24, 2.45) is 0 Å². The highest BCUT2D eigenvalue weighted by Gasteiger charge is 2.15. The molecule has 8 aromatic rings. The zero-order valence-corrected chi connectivity index (χ0v) is 24.3. The molecule has 4 aromatic carbocycles. The van der Waals surface area contributed by atoms with Crippen LogP contribution >= 0.6 is 38.7 Å². The van der Waals surface area contributed by atoms with Gasteiger partial charge in [0.1, 0.15) is 31.6 Å². The van der Waals surface area contributed by atoms with Crippen molar-refractivity contribution in [3.8, 4) is 19.0 Å². The van der Waals surface area contributed by atoms with E-state index in [0.29, 0.717) is 0 Å². The van der Waals surface area contributed by atoms with Crippen LogP contribution in [-0.4, -0.2) is 0 Å². The first-order chi connectivity index (χ1) is 19.8. The van der Waals surface area contributed by atoms with Crippen molar-refractivity contribution >= 4 is 82.6 Å². The van der Waals surface area contributed by atoms with E-state index in [1.165, 1.54) is 0 Å². The van der Waals surface area contributed by atoms with Crippen LogP contribution in [0.2, 0.25) is 0 Å². The Morgan fingerprint density at radius 3 is 0.975 bits per heavy atom. The van der Waals surface area contributed by atoms with E-state index < -0.39 is 16.0 Å². The van der Waals surface area contributed by atoms with E-state index in [1.54, 1.807) is 22.7 Å². The standard InChI is InChI=1S/C32H20O4P2S2/c1-5-13-25-21(9-1)22-10-2-6-14-26(22)34-37(33-25)31-19-17-29(39-31)30-18-20-32(40-30)38-35-27-15-7-3-11-23(27)24-12-4-8-16-28(24)36-38/h1-20H. The third-order valence-corrected chi connectivity index (χ3v) is 12.5. The van der Waals surface area contributed by atoms with E-state index in [9.17, 15) is 0 Å². The minimum absolute atomic E-state index is 0.845. The van der Waals surface area contributed by atoms with Crippen molar-refractivity contribution < 1.29 is 16.8 Å². The lowest BCUT2D eigenvalue weighted by Gasteiger charge is -1.95. The Hall–Kier alpha value is -3.92. The van der Waals surface area contributed by atoms with Gasteiger partial charge in [0.2, 0.25) is 0 Å². The number of fused-ring (bicyclic) bond motifs is 6. The molecular formula is C32H20O4P2S2. The van der Waals surface area contributed by atoms with Crippen LogP contribution in [0.25, 0.3) is 62.9 Å². The Bertz CT molecular complexity index is 1980. The fourth-order valence-corrected chi connectivity index (χ4v) is 10.2. The molecule has 4 nitrogen and oxygen atoms in total. The van der Waals surface area contributed by atoms with Crippen molar-refractivity contribution in [2.45, 2.75) is 0 Å². The van der Waals surface area contributed by atoms with Gasteiger partial charge in [0.15, 0.2) is 0 Å². The normalized spacial score (nSPS) is 11.5. The van der Waals surface area contributed by atoms with Crippen molar-refractivity contribution in [1.82, 2.24) is 0 Å². The van der Waals surface area contributed by atoms with Crippen molar-refractivity contribution in [1.29, 1.82) is 0 Å². The number of para-hydroxylation sites is 4. The smallest absolute Gasteiger partial charge is 0.263 e. The summed E-state index contributed by atoms with van der Waals surface area (Å²) in [5.41, 5.74) is 3.38. The first-order valence-corrected chi connectivity index (χ1v) is 16.7. The third kappa shape index (κ3) is 4.21. The van der Waals surface area contributed by atoms with Gasteiger partial charge in [0.05, 0.1) is 0 Å². The monoisotopic (exact) mass is 594 g/mol. The van der Waals surface area contributed by atoms with Crippen molar-refractivity contribution in [3.63, 3.8) is 0 Å². The molecule has 0 aliphatic heterocycles. The van der Waals surface area contributed by atoms with Crippen LogP contribution in [0.15, 0.2) is 138 Å². The summed E-state index contributed by atoms with van der Waals surface area (Å²) in [6.45, 7) is 0. The average Bonchev–Trinajstić information content (AvgIpc) is 3.62. The lowest BCUT2D eigenvalue weighted by Crippen LogP contribution is -1.69. The van der Waals surface area contributed by atoms with Crippen molar-refractivity contribution in [3.05, 3.63) is 121 Å². The molecule has 0 saturated heterocycles. The second-order valence-corrected chi connectivity index (χ2v) is 14.6. The summed E-state index contributed by atoms with van der Waals surface area (Å²) >= 11 is 3.41. The summed E-state index contributed by atoms with van der Waals surface area (Å²) < 4.78 is 28.0. The number of rotatable bonds is 3. The average molecular weight is 595 g/mol. The quantitative estimate of drug-likeness (QED) is 0.204. The van der Waals surface area contributed by atoms with Crippen LogP contribution < -0.4 is 0 Å². The molecule has 40 heavy (non-hydrogen) atoms. The van der Waals surface area contributed by atoms with Gasteiger partial charge in [0.25, 0.3) is 16.0 Å². The van der Waals surface area contributed by atoms with Crippen LogP contribution in [0.4, 0.5) is 0 Å². The first-order valence-electron chi connectivity index (χ1n) is 12.7. The van der Waals surface area contributed by atoms with E-state index >= 15 is 0 Å². The molecule has 194 valence electrons. The molecule has 8 heteroatoms. The first kappa shape index (κ1) is 23.9. The lowest BCUT2D eigenvalue weighted by molar-refractivity contribution is 0.650. The maximum atomic E-state index is 6.48. The molecule has 0 amide bonds. The number of benzene rings is 4. The Kier molecular flexibility index (Phi) is 5.93. The third-order valence-electron chi connectivity index (χ3n) is 6.64. The molecule has 0 aliphatic carbocycles. The van der Waals surface area contributed by atoms with Crippen LogP contribution in [0.1, 0.15) is 0 Å². The Labute approximate surface area is 238 Å². The Morgan fingerprint density at radius 2 is 0.650 bits per heavy atom. The number of hydrogen-bond acceptors (Lipinski definition) is 6. The summed E-state index contributed by atoms with van der Waals surface area (Å²) in [5, 5.41) is 4.21. The minimum atomic E-state index is -1.33. The molecule has 0 radical (unpaired) electrons. The zero-order valence-electron chi connectivity index (χ0n) is 20.9. The van der Waals surface area contributed by atoms with E-state index in [4.69, 9.17) is 16.8 Å². The fourth-order valence-electron chi connectivity index (χ4n) is 4.77. The SMILES string of the molecule is c1ccc2c(c1)op(-c1ccc(-c3ccc(-p4oc5ccccc5c5ccccc5o4)s3)s1)oc1ccccc12. The van der Waals surface area contributed by atoms with Gasteiger partial charge in [-0.15, -0.1) is 22.7 Å². The highest BCUT2D eigenvalue weighted by molar-refractivity contribution is 7.57. The molecule has 0 spiro atoms. The molecule has 0 N–H and O–H groups in total. The zero-order chi connectivity index (χ0) is 26.5. The molecule has 0 atom stereocenters. The summed E-state index contributed by atoms with van der Waals surface area (Å²) in [5.74, 6) is 0. The molecule has 0 aliphatic rings. The van der Waals surface area contributed by atoms with E-state index in [0.717, 1.165) is 62.9 Å². The number of hydrogen-bond donors (Lipinski definition) is 0. The topological polar surface area (TPSA) is 52.6 Å². The molecule has 0 bridgehead atoms. The van der Waals surface area contributed by atoms with E-state index in [1.807, 2.05) is 72.8 Å². The van der Waals surface area contributed by atoms with Crippen LogP contribution in [0.3, 0.4) is 0 Å². The lowest BCUT2D eigenvalue weighted by atomic mass is 10.1. The van der Waals surface area contributed by atoms with Gasteiger partial charge < -0.3 is 16.8 Å². The van der Waals surface area contributed by atoms with Gasteiger partial charge in [-0.25, -0.2) is 0 Å². The summed E-state index contributed by atoms with van der Waals surface area (Å²) in [7, 11) is -2.65. The molecule has 0 fully saturated rings. The number of thiophene rings is 2. The van der Waals surface area contributed by atoms with Crippen LogP contribution in [-0.2, 0) is 0 Å². The van der Waals surface area contributed by atoms with Crippen LogP contribution in [0, 0.1) is 0 Å². The second-order valence-electron chi connectivity index (χ2n) is 9.14.